The minimum absolute atomic E-state index is 0.0192. The SMILES string of the molecule is C/C(=C1/N=C(c2ccc(C(C)(C)C)cc2)C=C1c1ccc(C(C)(C)C)cc1)c1c(-c2ccc(C(C)(C)C)cc2)cc(-c2ccc(C(C)(C)C)cc2)n1B1OC(C(F)(F)F)(C(F)(F)F)C(C(F)(F)F)(C(F)(F)F)O1. The molecule has 17 heteroatoms. The predicted octanol–water partition coefficient (Wildman–Crippen LogP) is 16.9. The first kappa shape index (κ1) is 55.2. The Hall–Kier alpha value is -5.55. The van der Waals surface area contributed by atoms with Crippen LogP contribution in [-0.2, 0) is 31.0 Å². The maximum atomic E-state index is 15.3. The van der Waals surface area contributed by atoms with Crippen LogP contribution in [0.4, 0.5) is 52.7 Å². The zero-order valence-electron chi connectivity index (χ0n) is 42.7. The Morgan fingerprint density at radius 2 is 0.767 bits per heavy atom. The Bertz CT molecular complexity index is 2890. The summed E-state index contributed by atoms with van der Waals surface area (Å²) in [6.45, 7) is 24.8. The van der Waals surface area contributed by atoms with E-state index >= 15 is 52.7 Å². The van der Waals surface area contributed by atoms with Gasteiger partial charge in [-0.2, -0.15) is 52.7 Å². The van der Waals surface area contributed by atoms with Gasteiger partial charge in [-0.25, -0.2) is 4.99 Å². The van der Waals surface area contributed by atoms with Crippen molar-refractivity contribution >= 4 is 24.1 Å². The number of aromatic nitrogens is 1. The summed E-state index contributed by atoms with van der Waals surface area (Å²) in [4.78, 5) is 5.03. The molecule has 7 rings (SSSR count). The number of halogens is 12. The maximum Gasteiger partial charge on any atom is 0.600 e. The molecule has 0 amide bonds. The highest BCUT2D eigenvalue weighted by Crippen LogP contribution is 2.67. The molecule has 0 aliphatic carbocycles. The lowest BCUT2D eigenvalue weighted by Gasteiger charge is -2.45. The summed E-state index contributed by atoms with van der Waals surface area (Å²) in [6.07, 6.45) is -28.0. The zero-order chi connectivity index (χ0) is 54.7. The van der Waals surface area contributed by atoms with Gasteiger partial charge in [0, 0.05) is 28.1 Å². The van der Waals surface area contributed by atoms with E-state index in [1.165, 1.54) is 25.1 Å². The van der Waals surface area contributed by atoms with Crippen LogP contribution in [-0.4, -0.2) is 53.4 Å². The van der Waals surface area contributed by atoms with Gasteiger partial charge in [-0.05, 0) is 85.2 Å². The van der Waals surface area contributed by atoms with Crippen molar-refractivity contribution in [2.75, 3.05) is 0 Å². The standard InChI is InChI=1S/C56H57BF12N2O2/c1-32(45-41(33-14-22-37(23-15-33)47(2,3)4)30-43(70-45)35-18-26-39(27-19-35)49(8,9)10)46-42(34-16-24-38(25-17-34)48(5,6)7)31-44(36-20-28-40(29-21-36)50(11,12)13)71(46)57-72-51(53(58,59)60,54(61,62)63)52(73-57,55(64,65)66)56(67,68)69/h14-31H,1-13H3/b45-32-. The molecular weight excluding hydrogens is 971 g/mol. The molecular formula is C56H57BF12N2O2. The van der Waals surface area contributed by atoms with Crippen molar-refractivity contribution in [1.82, 2.24) is 4.48 Å². The highest BCUT2D eigenvalue weighted by Gasteiger charge is 2.99. The summed E-state index contributed by atoms with van der Waals surface area (Å²) in [5.74, 6) is 0. The van der Waals surface area contributed by atoms with Gasteiger partial charge in [-0.15, -0.1) is 0 Å². The molecule has 0 bridgehead atoms. The Morgan fingerprint density at radius 1 is 0.452 bits per heavy atom. The molecule has 1 fully saturated rings. The van der Waals surface area contributed by atoms with E-state index in [1.54, 1.807) is 54.6 Å². The Morgan fingerprint density at radius 3 is 1.10 bits per heavy atom. The molecule has 5 aromatic rings. The van der Waals surface area contributed by atoms with E-state index in [4.69, 9.17) is 4.99 Å². The monoisotopic (exact) mass is 1030 g/mol. The number of nitrogens with zero attached hydrogens (tertiary/aromatic N) is 2. The number of rotatable bonds is 6. The molecule has 2 aliphatic heterocycles. The number of hydrogen-bond donors (Lipinski definition) is 0. The van der Waals surface area contributed by atoms with Gasteiger partial charge in [0.2, 0.25) is 0 Å². The molecule has 4 nitrogen and oxygen atoms in total. The molecule has 4 aromatic carbocycles. The molecule has 3 heterocycles. The number of alkyl halides is 12. The van der Waals surface area contributed by atoms with Gasteiger partial charge in [-0.1, -0.05) is 180 Å². The highest BCUT2D eigenvalue weighted by molar-refractivity contribution is 6.45. The van der Waals surface area contributed by atoms with E-state index < -0.39 is 65.4 Å². The minimum Gasteiger partial charge on any atom is -0.367 e. The minimum atomic E-state index is -7.44. The smallest absolute Gasteiger partial charge is 0.367 e. The third-order valence-corrected chi connectivity index (χ3v) is 13.6. The summed E-state index contributed by atoms with van der Waals surface area (Å²) in [6, 6.07) is 28.6. The number of allylic oxidation sites excluding steroid dienone is 3. The van der Waals surface area contributed by atoms with E-state index in [0.717, 1.165) is 16.7 Å². The third kappa shape index (κ3) is 9.61. The van der Waals surface area contributed by atoms with Crippen LogP contribution in [0, 0.1) is 0 Å². The molecule has 1 saturated heterocycles. The maximum absolute atomic E-state index is 15.3. The molecule has 1 aromatic heterocycles. The Labute approximate surface area is 418 Å². The second-order valence-electron chi connectivity index (χ2n) is 22.9. The average Bonchev–Trinajstić information content (AvgIpc) is 3.99. The molecule has 0 atom stereocenters. The van der Waals surface area contributed by atoms with Gasteiger partial charge in [0.05, 0.1) is 11.4 Å². The van der Waals surface area contributed by atoms with Crippen LogP contribution in [0.15, 0.2) is 120 Å². The van der Waals surface area contributed by atoms with Crippen molar-refractivity contribution in [3.8, 4) is 22.4 Å². The fourth-order valence-electron chi connectivity index (χ4n) is 9.32. The summed E-state index contributed by atoms with van der Waals surface area (Å²) in [7, 11) is -3.70. The lowest BCUT2D eigenvalue weighted by molar-refractivity contribution is -0.464. The van der Waals surface area contributed by atoms with Gasteiger partial charge >= 0.3 is 32.0 Å². The van der Waals surface area contributed by atoms with Crippen LogP contribution in [0.25, 0.3) is 33.5 Å². The van der Waals surface area contributed by atoms with E-state index in [0.29, 0.717) is 32.5 Å². The van der Waals surface area contributed by atoms with Gasteiger partial charge in [0.25, 0.3) is 11.2 Å². The molecule has 390 valence electrons. The van der Waals surface area contributed by atoms with Gasteiger partial charge < -0.3 is 13.8 Å². The van der Waals surface area contributed by atoms with E-state index in [-0.39, 0.29) is 38.8 Å². The number of benzene rings is 4. The van der Waals surface area contributed by atoms with Crippen LogP contribution in [0.1, 0.15) is 129 Å². The van der Waals surface area contributed by atoms with Crippen molar-refractivity contribution in [2.45, 2.75) is 148 Å². The fourth-order valence-corrected chi connectivity index (χ4v) is 9.32. The molecule has 0 saturated carbocycles. The van der Waals surface area contributed by atoms with Gasteiger partial charge in [-0.3, -0.25) is 0 Å². The second-order valence-corrected chi connectivity index (χ2v) is 22.9. The van der Waals surface area contributed by atoms with Crippen LogP contribution in [0.5, 0.6) is 0 Å². The third-order valence-electron chi connectivity index (χ3n) is 13.6. The summed E-state index contributed by atoms with van der Waals surface area (Å²) >= 11 is 0. The topological polar surface area (TPSA) is 35.8 Å². The van der Waals surface area contributed by atoms with Crippen LogP contribution in [0.2, 0.25) is 0 Å². The average molecular weight is 1030 g/mol. The first-order valence-electron chi connectivity index (χ1n) is 23.5. The zero-order valence-corrected chi connectivity index (χ0v) is 42.7. The molecule has 73 heavy (non-hydrogen) atoms. The van der Waals surface area contributed by atoms with E-state index in [1.807, 2.05) is 119 Å². The van der Waals surface area contributed by atoms with Gasteiger partial charge in [0.1, 0.15) is 0 Å². The first-order chi connectivity index (χ1) is 33.2. The quantitative estimate of drug-likeness (QED) is 0.125. The van der Waals surface area contributed by atoms with Crippen molar-refractivity contribution < 1.29 is 62.0 Å². The number of aliphatic imine (C=N–C) groups is 1. The van der Waals surface area contributed by atoms with Crippen LogP contribution in [0.3, 0.4) is 0 Å². The van der Waals surface area contributed by atoms with E-state index in [2.05, 4.69) is 9.31 Å². The van der Waals surface area contributed by atoms with Crippen molar-refractivity contribution in [1.29, 1.82) is 0 Å². The molecule has 0 spiro atoms. The summed E-state index contributed by atoms with van der Waals surface area (Å²) in [5, 5.41) is 0. The Balaban J connectivity index is 1.66. The van der Waals surface area contributed by atoms with Crippen LogP contribution < -0.4 is 0 Å². The van der Waals surface area contributed by atoms with Gasteiger partial charge in [0.15, 0.2) is 0 Å². The molecule has 0 radical (unpaired) electrons. The molecule has 0 N–H and O–H groups in total. The molecule has 0 unspecified atom stereocenters. The lowest BCUT2D eigenvalue weighted by atomic mass is 9.79. The lowest BCUT2D eigenvalue weighted by Crippen LogP contribution is -2.79. The second kappa shape index (κ2) is 17.8. The number of hydrogen-bond acceptors (Lipinski definition) is 3. The normalized spacial score (nSPS) is 17.8. The predicted molar refractivity (Wildman–Crippen MR) is 263 cm³/mol. The summed E-state index contributed by atoms with van der Waals surface area (Å²) < 4.78 is 193. The largest absolute Gasteiger partial charge is 0.600 e. The summed E-state index contributed by atoms with van der Waals surface area (Å²) in [5.41, 5.74) is -11.1. The molecule has 2 aliphatic rings. The first-order valence-corrected chi connectivity index (χ1v) is 23.5. The van der Waals surface area contributed by atoms with Crippen molar-refractivity contribution in [3.05, 3.63) is 154 Å². The van der Waals surface area contributed by atoms with Crippen molar-refractivity contribution in [3.63, 3.8) is 0 Å². The Kier molecular flexibility index (Phi) is 13.5. The van der Waals surface area contributed by atoms with E-state index in [9.17, 15) is 0 Å². The fraction of sp³-hybridized carbons (Fsp3) is 0.411. The van der Waals surface area contributed by atoms with Crippen molar-refractivity contribution in [2.24, 2.45) is 4.99 Å². The van der Waals surface area contributed by atoms with Crippen LogP contribution >= 0.6 is 0 Å². The highest BCUT2D eigenvalue weighted by atomic mass is 19.4.